The van der Waals surface area contributed by atoms with Gasteiger partial charge in [0.25, 0.3) is 11.5 Å². The zero-order valence-electron chi connectivity index (χ0n) is 20.3. The van der Waals surface area contributed by atoms with E-state index >= 15 is 0 Å². The Morgan fingerprint density at radius 1 is 1.08 bits per heavy atom. The zero-order chi connectivity index (χ0) is 27.3. The molecule has 4 aromatic rings. The lowest BCUT2D eigenvalue weighted by atomic mass is 9.95. The Labute approximate surface area is 224 Å². The molecule has 196 valence electrons. The van der Waals surface area contributed by atoms with E-state index in [4.69, 9.17) is 14.2 Å². The highest BCUT2D eigenvalue weighted by molar-refractivity contribution is 7.22. The Morgan fingerprint density at radius 2 is 1.82 bits per heavy atom. The number of ketones is 1. The van der Waals surface area contributed by atoms with Crippen molar-refractivity contribution < 1.29 is 33.8 Å². The molecule has 3 heterocycles. The van der Waals surface area contributed by atoms with Crippen LogP contribution in [0.25, 0.3) is 16.0 Å². The van der Waals surface area contributed by atoms with E-state index in [0.29, 0.717) is 41.5 Å². The number of anilines is 1. The van der Waals surface area contributed by atoms with Crippen molar-refractivity contribution in [2.24, 2.45) is 0 Å². The molecule has 11 nitrogen and oxygen atoms in total. The molecule has 3 aromatic carbocycles. The molecule has 0 spiro atoms. The second-order valence-electron chi connectivity index (χ2n) is 8.71. The number of fused-ring (bicyclic) bond motifs is 2. The second-order valence-corrected chi connectivity index (χ2v) is 9.72. The van der Waals surface area contributed by atoms with Crippen LogP contribution in [0.15, 0.2) is 66.2 Å². The number of thiazole rings is 1. The minimum atomic E-state index is -1.10. The number of aliphatic hydroxyl groups is 1. The van der Waals surface area contributed by atoms with Gasteiger partial charge < -0.3 is 19.3 Å². The average Bonchev–Trinajstić information content (AvgIpc) is 3.49. The summed E-state index contributed by atoms with van der Waals surface area (Å²) in [5.41, 5.74) is 0.887. The van der Waals surface area contributed by atoms with Crippen LogP contribution >= 0.6 is 11.3 Å². The van der Waals surface area contributed by atoms with Crippen molar-refractivity contribution in [1.82, 2.24) is 4.98 Å². The highest BCUT2D eigenvalue weighted by Crippen LogP contribution is 2.45. The summed E-state index contributed by atoms with van der Waals surface area (Å²) < 4.78 is 17.2. The number of rotatable bonds is 5. The molecule has 6 rings (SSSR count). The van der Waals surface area contributed by atoms with Crippen molar-refractivity contribution in [3.63, 3.8) is 0 Å². The van der Waals surface area contributed by atoms with Crippen molar-refractivity contribution in [2.45, 2.75) is 6.04 Å². The lowest BCUT2D eigenvalue weighted by molar-refractivity contribution is -0.384. The minimum Gasteiger partial charge on any atom is -0.507 e. The molecule has 39 heavy (non-hydrogen) atoms. The smallest absolute Gasteiger partial charge is 0.301 e. The molecule has 12 heteroatoms. The first-order valence-electron chi connectivity index (χ1n) is 11.8. The average molecular weight is 546 g/mol. The summed E-state index contributed by atoms with van der Waals surface area (Å²) in [6.07, 6.45) is 0. The third-order valence-electron chi connectivity index (χ3n) is 6.47. The van der Waals surface area contributed by atoms with Crippen molar-refractivity contribution in [3.8, 4) is 17.2 Å². The predicted molar refractivity (Wildman–Crippen MR) is 141 cm³/mol. The van der Waals surface area contributed by atoms with E-state index in [9.17, 15) is 24.8 Å². The Hall–Kier alpha value is -4.97. The Kier molecular flexibility index (Phi) is 5.88. The van der Waals surface area contributed by atoms with Crippen LogP contribution in [-0.2, 0) is 9.59 Å². The van der Waals surface area contributed by atoms with Crippen LogP contribution in [0.4, 0.5) is 10.8 Å². The SMILES string of the molecule is COc1ccc2nc(N3C(=O)C(=O)/C(=C(/O)c4ccc5c(c4)OCCO5)[C@H]3c3ccc([N+](=O)[O-])cc3)sc2c1. The number of carbonyl (C=O) groups excluding carboxylic acids is 2. The standard InChI is InChI=1S/C27H19N3O8S/c1-36-17-7-8-18-21(13-17)39-27(28-18)29-23(14-2-5-16(6-3-14)30(34)35)22(25(32)26(29)33)24(31)15-4-9-19-20(12-15)38-11-10-37-19/h2-9,12-13,23,31H,10-11H2,1H3/b24-22+/t23-/m1/s1. The van der Waals surface area contributed by atoms with E-state index in [2.05, 4.69) is 4.98 Å². The molecule has 1 saturated heterocycles. The number of ether oxygens (including phenoxy) is 3. The number of nitrogens with zero attached hydrogens (tertiary/aromatic N) is 3. The fraction of sp³-hybridized carbons (Fsp3) is 0.148. The minimum absolute atomic E-state index is 0.158. The first-order chi connectivity index (χ1) is 18.9. The van der Waals surface area contributed by atoms with Crippen LogP contribution in [0.5, 0.6) is 17.2 Å². The van der Waals surface area contributed by atoms with Crippen LogP contribution < -0.4 is 19.1 Å². The van der Waals surface area contributed by atoms with Gasteiger partial charge in [0.15, 0.2) is 16.6 Å². The maximum atomic E-state index is 13.5. The quantitative estimate of drug-likeness (QED) is 0.125. The number of non-ortho nitro benzene ring substituents is 1. The maximum absolute atomic E-state index is 13.5. The number of methoxy groups -OCH3 is 1. The molecule has 1 atom stereocenters. The van der Waals surface area contributed by atoms with Gasteiger partial charge in [-0.1, -0.05) is 11.3 Å². The van der Waals surface area contributed by atoms with Gasteiger partial charge in [0.1, 0.15) is 24.7 Å². The first kappa shape index (κ1) is 24.4. The van der Waals surface area contributed by atoms with Gasteiger partial charge in [0.2, 0.25) is 0 Å². The van der Waals surface area contributed by atoms with Gasteiger partial charge in [-0.15, -0.1) is 0 Å². The van der Waals surface area contributed by atoms with Crippen LogP contribution in [-0.4, -0.2) is 47.0 Å². The van der Waals surface area contributed by atoms with Crippen LogP contribution in [0.2, 0.25) is 0 Å². The summed E-state index contributed by atoms with van der Waals surface area (Å²) in [7, 11) is 1.54. The summed E-state index contributed by atoms with van der Waals surface area (Å²) in [6, 6.07) is 14.3. The Bertz CT molecular complexity index is 1700. The number of amides is 1. The van der Waals surface area contributed by atoms with Crippen molar-refractivity contribution in [3.05, 3.63) is 87.5 Å². The van der Waals surface area contributed by atoms with Crippen LogP contribution in [0.1, 0.15) is 17.2 Å². The molecule has 2 aliphatic rings. The highest BCUT2D eigenvalue weighted by Gasteiger charge is 2.48. The van der Waals surface area contributed by atoms with Gasteiger partial charge in [-0.3, -0.25) is 24.6 Å². The van der Waals surface area contributed by atoms with E-state index in [1.807, 2.05) is 0 Å². The van der Waals surface area contributed by atoms with Gasteiger partial charge in [-0.25, -0.2) is 4.98 Å². The molecule has 1 aromatic heterocycles. The van der Waals surface area contributed by atoms with Gasteiger partial charge in [0.05, 0.1) is 33.9 Å². The summed E-state index contributed by atoms with van der Waals surface area (Å²) in [5.74, 6) is -0.725. The predicted octanol–water partition coefficient (Wildman–Crippen LogP) is 4.61. The number of aliphatic hydroxyl groups excluding tert-OH is 1. The van der Waals surface area contributed by atoms with Gasteiger partial charge in [-0.2, -0.15) is 0 Å². The molecule has 2 aliphatic heterocycles. The van der Waals surface area contributed by atoms with E-state index in [1.165, 1.54) is 53.7 Å². The Balaban J connectivity index is 1.53. The molecular weight excluding hydrogens is 526 g/mol. The number of hydrogen-bond donors (Lipinski definition) is 1. The number of nitro groups is 1. The molecule has 1 amide bonds. The number of Topliss-reactive ketones (excluding diaryl/α,β-unsaturated/α-hetero) is 1. The van der Waals surface area contributed by atoms with E-state index in [1.54, 1.807) is 30.3 Å². The summed E-state index contributed by atoms with van der Waals surface area (Å²) >= 11 is 1.18. The number of nitro benzene ring substituents is 1. The molecule has 1 fully saturated rings. The van der Waals surface area contributed by atoms with Gasteiger partial charge in [-0.05, 0) is 54.1 Å². The topological polar surface area (TPSA) is 141 Å². The monoisotopic (exact) mass is 545 g/mol. The normalized spacial score (nSPS) is 18.0. The number of benzene rings is 3. The second kappa shape index (κ2) is 9.40. The molecule has 0 aliphatic carbocycles. The van der Waals surface area contributed by atoms with E-state index in [0.717, 1.165) is 4.70 Å². The molecule has 0 unspecified atom stereocenters. The zero-order valence-corrected chi connectivity index (χ0v) is 21.1. The van der Waals surface area contributed by atoms with E-state index in [-0.39, 0.29) is 22.0 Å². The Morgan fingerprint density at radius 3 is 2.54 bits per heavy atom. The molecular formula is C27H19N3O8S. The van der Waals surface area contributed by atoms with Crippen molar-refractivity contribution in [1.29, 1.82) is 0 Å². The summed E-state index contributed by atoms with van der Waals surface area (Å²) in [4.78, 5) is 43.4. The first-order valence-corrected chi connectivity index (χ1v) is 12.6. The molecule has 0 radical (unpaired) electrons. The lowest BCUT2D eigenvalue weighted by Gasteiger charge is -2.23. The van der Waals surface area contributed by atoms with Crippen LogP contribution in [0.3, 0.4) is 0 Å². The van der Waals surface area contributed by atoms with E-state index < -0.39 is 28.4 Å². The van der Waals surface area contributed by atoms with Crippen LogP contribution in [0, 0.1) is 10.1 Å². The number of carbonyl (C=O) groups is 2. The molecule has 0 saturated carbocycles. The molecule has 1 N–H and O–H groups in total. The van der Waals surface area contributed by atoms with Gasteiger partial charge in [0, 0.05) is 17.7 Å². The lowest BCUT2D eigenvalue weighted by Crippen LogP contribution is -2.29. The number of aromatic nitrogens is 1. The maximum Gasteiger partial charge on any atom is 0.301 e. The third-order valence-corrected chi connectivity index (χ3v) is 7.49. The third kappa shape index (κ3) is 4.10. The summed E-state index contributed by atoms with van der Waals surface area (Å²) in [5, 5.41) is 22.9. The van der Waals surface area contributed by atoms with Crippen molar-refractivity contribution in [2.75, 3.05) is 25.2 Å². The number of hydrogen-bond acceptors (Lipinski definition) is 10. The molecule has 0 bridgehead atoms. The fourth-order valence-electron chi connectivity index (χ4n) is 4.59. The fourth-order valence-corrected chi connectivity index (χ4v) is 5.61. The summed E-state index contributed by atoms with van der Waals surface area (Å²) in [6.45, 7) is 0.713. The largest absolute Gasteiger partial charge is 0.507 e. The van der Waals surface area contributed by atoms with Crippen molar-refractivity contribution >= 4 is 49.8 Å². The van der Waals surface area contributed by atoms with Gasteiger partial charge >= 0.3 is 5.91 Å². The highest BCUT2D eigenvalue weighted by atomic mass is 32.1.